The van der Waals surface area contributed by atoms with Gasteiger partial charge < -0.3 is 0 Å². The van der Waals surface area contributed by atoms with E-state index in [1.807, 2.05) is 0 Å². The minimum atomic E-state index is 0.769. The van der Waals surface area contributed by atoms with Gasteiger partial charge in [0.25, 0.3) is 0 Å². The Labute approximate surface area is 173 Å². The highest BCUT2D eigenvalue weighted by molar-refractivity contribution is 5.59. The second kappa shape index (κ2) is 11.4. The Hall–Kier alpha value is -1.63. The van der Waals surface area contributed by atoms with Gasteiger partial charge in [0.05, 0.1) is 5.69 Å². The summed E-state index contributed by atoms with van der Waals surface area (Å²) in [7, 11) is 0. The van der Waals surface area contributed by atoms with E-state index in [0.717, 1.165) is 24.0 Å². The maximum atomic E-state index is 4.72. The Morgan fingerprint density at radius 1 is 0.786 bits per heavy atom. The van der Waals surface area contributed by atoms with Crippen LogP contribution in [0, 0.1) is 5.92 Å². The number of hydrogen-bond acceptors (Lipinski definition) is 1. The van der Waals surface area contributed by atoms with E-state index in [4.69, 9.17) is 4.98 Å². The highest BCUT2D eigenvalue weighted by Crippen LogP contribution is 2.38. The van der Waals surface area contributed by atoms with Gasteiger partial charge in [0.1, 0.15) is 0 Å². The number of aryl methyl sites for hydroxylation is 1. The Kier molecular flexibility index (Phi) is 8.58. The van der Waals surface area contributed by atoms with Crippen molar-refractivity contribution in [3.05, 3.63) is 53.7 Å². The fraction of sp³-hybridized carbons (Fsp3) is 0.593. The van der Waals surface area contributed by atoms with Crippen molar-refractivity contribution < 1.29 is 0 Å². The topological polar surface area (TPSA) is 12.9 Å². The summed E-state index contributed by atoms with van der Waals surface area (Å²) in [5.74, 6) is 1.76. The highest BCUT2D eigenvalue weighted by Gasteiger charge is 2.22. The molecule has 0 atom stereocenters. The van der Waals surface area contributed by atoms with Crippen LogP contribution < -0.4 is 0 Å². The van der Waals surface area contributed by atoms with Gasteiger partial charge in [-0.3, -0.25) is 4.98 Å². The average molecular weight is 378 g/mol. The molecule has 0 unspecified atom stereocenters. The van der Waals surface area contributed by atoms with Crippen LogP contribution in [0.3, 0.4) is 0 Å². The van der Waals surface area contributed by atoms with Crippen LogP contribution in [0.4, 0.5) is 0 Å². The molecule has 0 aliphatic heterocycles. The van der Waals surface area contributed by atoms with Crippen molar-refractivity contribution in [2.45, 2.75) is 96.8 Å². The third kappa shape index (κ3) is 6.19. The fourth-order valence-corrected chi connectivity index (χ4v) is 4.72. The van der Waals surface area contributed by atoms with Gasteiger partial charge >= 0.3 is 0 Å². The van der Waals surface area contributed by atoms with Gasteiger partial charge in [0.15, 0.2) is 0 Å². The maximum Gasteiger partial charge on any atom is 0.0702 e. The lowest BCUT2D eigenvalue weighted by Crippen LogP contribution is -2.13. The number of rotatable bonds is 10. The summed E-state index contributed by atoms with van der Waals surface area (Å²) in [6.45, 7) is 4.56. The predicted molar refractivity (Wildman–Crippen MR) is 122 cm³/mol. The third-order valence-electron chi connectivity index (χ3n) is 6.63. The average Bonchev–Trinajstić information content (AvgIpc) is 2.75. The van der Waals surface area contributed by atoms with E-state index in [2.05, 4.69) is 56.4 Å². The molecule has 1 aliphatic rings. The molecule has 0 amide bonds. The summed E-state index contributed by atoms with van der Waals surface area (Å²) in [4.78, 5) is 4.72. The second-order valence-corrected chi connectivity index (χ2v) is 8.84. The van der Waals surface area contributed by atoms with E-state index in [1.54, 1.807) is 0 Å². The molecule has 0 radical (unpaired) electrons. The quantitative estimate of drug-likeness (QED) is 0.379. The molecule has 1 nitrogen and oxygen atoms in total. The smallest absolute Gasteiger partial charge is 0.0702 e. The molecule has 1 heteroatoms. The predicted octanol–water partition coefficient (Wildman–Crippen LogP) is 8.34. The van der Waals surface area contributed by atoms with Crippen LogP contribution in [0.15, 0.2) is 42.6 Å². The van der Waals surface area contributed by atoms with Gasteiger partial charge in [-0.05, 0) is 67.6 Å². The summed E-state index contributed by atoms with van der Waals surface area (Å²) in [6.07, 6.45) is 18.3. The molecule has 0 N–H and O–H groups in total. The molecule has 0 spiro atoms. The first kappa shape index (κ1) is 21.1. The molecule has 2 aromatic rings. The first-order chi connectivity index (χ1) is 13.8. The normalized spacial score (nSPS) is 19.6. The molecular weight excluding hydrogens is 338 g/mol. The lowest BCUT2D eigenvalue weighted by Gasteiger charge is -2.29. The number of pyridine rings is 1. The van der Waals surface area contributed by atoms with Crippen LogP contribution >= 0.6 is 0 Å². The van der Waals surface area contributed by atoms with E-state index in [-0.39, 0.29) is 0 Å². The summed E-state index contributed by atoms with van der Waals surface area (Å²) in [5.41, 5.74) is 5.25. The molecule has 152 valence electrons. The van der Waals surface area contributed by atoms with Crippen LogP contribution in [0.25, 0.3) is 11.3 Å². The second-order valence-electron chi connectivity index (χ2n) is 8.84. The fourth-order valence-electron chi connectivity index (χ4n) is 4.72. The number of unbranched alkanes of at least 4 members (excludes halogenated alkanes) is 4. The van der Waals surface area contributed by atoms with Crippen molar-refractivity contribution in [2.75, 3.05) is 0 Å². The zero-order valence-electron chi connectivity index (χ0n) is 18.1. The zero-order chi connectivity index (χ0) is 19.6. The SMILES string of the molecule is CCCCCc1ccc(-c2ccc(C3CCC(CCCCC)CC3)cc2)nc1. The minimum Gasteiger partial charge on any atom is -0.256 e. The van der Waals surface area contributed by atoms with Crippen LogP contribution in [-0.4, -0.2) is 4.98 Å². The van der Waals surface area contributed by atoms with Crippen LogP contribution in [0.1, 0.15) is 102 Å². The lowest BCUT2D eigenvalue weighted by atomic mass is 9.77. The largest absolute Gasteiger partial charge is 0.256 e. The first-order valence-corrected chi connectivity index (χ1v) is 11.9. The van der Waals surface area contributed by atoms with Crippen LogP contribution in [0.5, 0.6) is 0 Å². The van der Waals surface area contributed by atoms with Crippen molar-refractivity contribution >= 4 is 0 Å². The Morgan fingerprint density at radius 2 is 1.50 bits per heavy atom. The van der Waals surface area contributed by atoms with Gasteiger partial charge in [-0.1, -0.05) is 82.7 Å². The molecule has 28 heavy (non-hydrogen) atoms. The summed E-state index contributed by atoms with van der Waals surface area (Å²) < 4.78 is 0. The molecular formula is C27H39N. The monoisotopic (exact) mass is 377 g/mol. The van der Waals surface area contributed by atoms with E-state index in [1.165, 1.54) is 87.3 Å². The van der Waals surface area contributed by atoms with Crippen molar-refractivity contribution in [1.82, 2.24) is 4.98 Å². The van der Waals surface area contributed by atoms with Crippen LogP contribution in [-0.2, 0) is 6.42 Å². The van der Waals surface area contributed by atoms with Gasteiger partial charge in [-0.15, -0.1) is 0 Å². The Balaban J connectivity index is 1.51. The Morgan fingerprint density at radius 3 is 2.14 bits per heavy atom. The van der Waals surface area contributed by atoms with E-state index >= 15 is 0 Å². The molecule has 0 bridgehead atoms. The molecule has 1 aromatic heterocycles. The van der Waals surface area contributed by atoms with Crippen molar-refractivity contribution in [3.8, 4) is 11.3 Å². The van der Waals surface area contributed by atoms with Crippen molar-refractivity contribution in [2.24, 2.45) is 5.92 Å². The van der Waals surface area contributed by atoms with Gasteiger partial charge in [0.2, 0.25) is 0 Å². The molecule has 1 saturated carbocycles. The molecule has 0 saturated heterocycles. The molecule has 1 fully saturated rings. The molecule has 1 aliphatic carbocycles. The van der Waals surface area contributed by atoms with Crippen molar-refractivity contribution in [3.63, 3.8) is 0 Å². The van der Waals surface area contributed by atoms with E-state index in [0.29, 0.717) is 0 Å². The molecule has 1 heterocycles. The number of aromatic nitrogens is 1. The van der Waals surface area contributed by atoms with E-state index < -0.39 is 0 Å². The Bertz CT molecular complexity index is 662. The minimum absolute atomic E-state index is 0.769. The number of nitrogens with zero attached hydrogens (tertiary/aromatic N) is 1. The van der Waals surface area contributed by atoms with Gasteiger partial charge in [-0.25, -0.2) is 0 Å². The number of hydrogen-bond donors (Lipinski definition) is 0. The first-order valence-electron chi connectivity index (χ1n) is 11.9. The van der Waals surface area contributed by atoms with Gasteiger partial charge in [0, 0.05) is 11.8 Å². The summed E-state index contributed by atoms with van der Waals surface area (Å²) in [5, 5.41) is 0. The lowest BCUT2D eigenvalue weighted by molar-refractivity contribution is 0.303. The molecule has 1 aromatic carbocycles. The standard InChI is InChI=1S/C27H39N/c1-3-5-7-9-22-11-14-24(15-12-22)25-16-18-26(19-17-25)27-20-13-23(21-28-27)10-8-6-4-2/h13,16-22,24H,3-12,14-15H2,1-2H3. The molecule has 3 rings (SSSR count). The highest BCUT2D eigenvalue weighted by atomic mass is 14.7. The van der Waals surface area contributed by atoms with Gasteiger partial charge in [-0.2, -0.15) is 0 Å². The summed E-state index contributed by atoms with van der Waals surface area (Å²) in [6, 6.07) is 13.7. The summed E-state index contributed by atoms with van der Waals surface area (Å²) >= 11 is 0. The number of benzene rings is 1. The third-order valence-corrected chi connectivity index (χ3v) is 6.63. The van der Waals surface area contributed by atoms with E-state index in [9.17, 15) is 0 Å². The zero-order valence-corrected chi connectivity index (χ0v) is 18.1. The van der Waals surface area contributed by atoms with Crippen LogP contribution in [0.2, 0.25) is 0 Å². The van der Waals surface area contributed by atoms with Crippen molar-refractivity contribution in [1.29, 1.82) is 0 Å². The maximum absolute atomic E-state index is 4.72.